The highest BCUT2D eigenvalue weighted by Crippen LogP contribution is 2.28. The number of ether oxygens (including phenoxy) is 2. The second-order valence-corrected chi connectivity index (χ2v) is 4.28. The van der Waals surface area contributed by atoms with E-state index in [9.17, 15) is 18.0 Å². The van der Waals surface area contributed by atoms with Crippen LogP contribution in [0.4, 0.5) is 13.2 Å². The molecule has 0 saturated heterocycles. The fourth-order valence-corrected chi connectivity index (χ4v) is 1.64. The van der Waals surface area contributed by atoms with Gasteiger partial charge in [-0.3, -0.25) is 0 Å². The zero-order valence-electron chi connectivity index (χ0n) is 12.2. The number of tetrazole rings is 1. The molecule has 0 unspecified atom stereocenters. The minimum atomic E-state index is -4.64. The van der Waals surface area contributed by atoms with E-state index in [1.165, 1.54) is 11.7 Å². The molecule has 8 nitrogen and oxygen atoms in total. The van der Waals surface area contributed by atoms with Crippen LogP contribution < -0.4 is 4.74 Å². The maximum Gasteiger partial charge on any atom is 0.433 e. The lowest BCUT2D eigenvalue weighted by atomic mass is 10.1. The van der Waals surface area contributed by atoms with Crippen molar-refractivity contribution >= 4 is 5.97 Å². The highest BCUT2D eigenvalue weighted by Gasteiger charge is 2.33. The van der Waals surface area contributed by atoms with Crippen LogP contribution in [0.2, 0.25) is 0 Å². The lowest BCUT2D eigenvalue weighted by Gasteiger charge is -2.12. The number of carbonyl (C=O) groups excluding carboxylic acids is 1. The molecule has 2 aromatic rings. The molecule has 0 fully saturated rings. The van der Waals surface area contributed by atoms with Gasteiger partial charge < -0.3 is 9.47 Å². The average Bonchev–Trinajstić information content (AvgIpc) is 2.89. The van der Waals surface area contributed by atoms with Gasteiger partial charge in [0, 0.05) is 7.05 Å². The van der Waals surface area contributed by atoms with Crippen LogP contribution >= 0.6 is 0 Å². The summed E-state index contributed by atoms with van der Waals surface area (Å²) < 4.78 is 49.5. The van der Waals surface area contributed by atoms with Gasteiger partial charge in [0.1, 0.15) is 12.3 Å². The van der Waals surface area contributed by atoms with Crippen LogP contribution in [0, 0.1) is 0 Å². The SMILES string of the molecule is CCOC(=O)c1ccc(C(F)(F)F)nc1COc1nnnn1C. The minimum absolute atomic E-state index is 0.0287. The third kappa shape index (κ3) is 3.93. The van der Waals surface area contributed by atoms with Crippen molar-refractivity contribution in [2.45, 2.75) is 19.7 Å². The van der Waals surface area contributed by atoms with Crippen LogP contribution in [0.15, 0.2) is 12.1 Å². The highest BCUT2D eigenvalue weighted by molar-refractivity contribution is 5.90. The Morgan fingerprint density at radius 2 is 2.09 bits per heavy atom. The number of hydrogen-bond donors (Lipinski definition) is 0. The predicted molar refractivity (Wildman–Crippen MR) is 68.3 cm³/mol. The molecule has 124 valence electrons. The summed E-state index contributed by atoms with van der Waals surface area (Å²) in [4.78, 5) is 15.3. The molecule has 0 spiro atoms. The van der Waals surface area contributed by atoms with Crippen molar-refractivity contribution < 1.29 is 27.4 Å². The van der Waals surface area contributed by atoms with Gasteiger partial charge in [0.25, 0.3) is 0 Å². The van der Waals surface area contributed by atoms with Crippen molar-refractivity contribution in [1.82, 2.24) is 25.2 Å². The lowest BCUT2D eigenvalue weighted by molar-refractivity contribution is -0.141. The van der Waals surface area contributed by atoms with Gasteiger partial charge in [0.2, 0.25) is 0 Å². The molecule has 0 saturated carbocycles. The summed E-state index contributed by atoms with van der Waals surface area (Å²) in [5, 5.41) is 10.4. The first-order valence-electron chi connectivity index (χ1n) is 6.42. The molecule has 2 aromatic heterocycles. The number of aromatic nitrogens is 5. The molecule has 0 aliphatic carbocycles. The zero-order valence-corrected chi connectivity index (χ0v) is 12.2. The molecule has 2 rings (SSSR count). The first-order chi connectivity index (χ1) is 10.8. The first kappa shape index (κ1) is 16.6. The summed E-state index contributed by atoms with van der Waals surface area (Å²) >= 11 is 0. The van der Waals surface area contributed by atoms with Crippen molar-refractivity contribution in [3.8, 4) is 6.01 Å². The highest BCUT2D eigenvalue weighted by atomic mass is 19.4. The van der Waals surface area contributed by atoms with Crippen molar-refractivity contribution in [2.75, 3.05) is 6.61 Å². The number of hydrogen-bond acceptors (Lipinski definition) is 7. The molecule has 23 heavy (non-hydrogen) atoms. The van der Waals surface area contributed by atoms with Crippen LogP contribution in [0.25, 0.3) is 0 Å². The number of carbonyl (C=O) groups is 1. The number of alkyl halides is 3. The van der Waals surface area contributed by atoms with Crippen LogP contribution in [0.5, 0.6) is 6.01 Å². The van der Waals surface area contributed by atoms with Crippen molar-refractivity contribution in [2.24, 2.45) is 7.05 Å². The number of esters is 1. The van der Waals surface area contributed by atoms with Crippen molar-refractivity contribution in [1.29, 1.82) is 0 Å². The second kappa shape index (κ2) is 6.58. The van der Waals surface area contributed by atoms with Gasteiger partial charge >= 0.3 is 18.2 Å². The Labute approximate surface area is 128 Å². The number of aryl methyl sites for hydroxylation is 1. The Morgan fingerprint density at radius 3 is 2.65 bits per heavy atom. The Hall–Kier alpha value is -2.72. The number of halogens is 3. The maximum atomic E-state index is 12.8. The van der Waals surface area contributed by atoms with Gasteiger partial charge in [-0.1, -0.05) is 5.10 Å². The summed E-state index contributed by atoms with van der Waals surface area (Å²) in [5.74, 6) is -0.789. The molecule has 0 aliphatic heterocycles. The predicted octanol–water partition coefficient (Wildman–Crippen LogP) is 1.38. The Kier molecular flexibility index (Phi) is 4.77. The van der Waals surface area contributed by atoms with E-state index in [-0.39, 0.29) is 23.9 Å². The molecular formula is C12H12F3N5O3. The Morgan fingerprint density at radius 1 is 1.35 bits per heavy atom. The van der Waals surface area contributed by atoms with Gasteiger partial charge in [0.05, 0.1) is 17.9 Å². The molecule has 0 aliphatic rings. The summed E-state index contributed by atoms with van der Waals surface area (Å²) in [5.41, 5.74) is -1.48. The van der Waals surface area contributed by atoms with Gasteiger partial charge in [-0.25, -0.2) is 9.78 Å². The minimum Gasteiger partial charge on any atom is -0.462 e. The van der Waals surface area contributed by atoms with Crippen LogP contribution in [-0.2, 0) is 24.6 Å². The Balaban J connectivity index is 2.32. The lowest BCUT2D eigenvalue weighted by Crippen LogP contribution is -2.16. The first-order valence-corrected chi connectivity index (χ1v) is 6.42. The van der Waals surface area contributed by atoms with Crippen molar-refractivity contribution in [3.05, 3.63) is 29.1 Å². The topological polar surface area (TPSA) is 92.0 Å². The summed E-state index contributed by atoms with van der Waals surface area (Å²) in [6.45, 7) is 1.23. The Bertz CT molecular complexity index is 701. The van der Waals surface area contributed by atoms with E-state index in [4.69, 9.17) is 9.47 Å². The summed E-state index contributed by atoms with van der Waals surface area (Å²) in [6, 6.07) is 1.68. The van der Waals surface area contributed by atoms with E-state index in [2.05, 4.69) is 20.5 Å². The van der Waals surface area contributed by atoms with Gasteiger partial charge in [-0.15, -0.1) is 0 Å². The van der Waals surface area contributed by atoms with Gasteiger partial charge in [0.15, 0.2) is 0 Å². The summed E-state index contributed by atoms with van der Waals surface area (Å²) in [7, 11) is 1.49. The normalized spacial score (nSPS) is 11.3. The summed E-state index contributed by atoms with van der Waals surface area (Å²) in [6.07, 6.45) is -4.64. The van der Waals surface area contributed by atoms with E-state index >= 15 is 0 Å². The standard InChI is InChI=1S/C12H12F3N5O3/c1-3-22-10(21)7-4-5-9(12(13,14)15)16-8(7)6-23-11-17-18-19-20(11)2/h4-5H,3,6H2,1-2H3. The number of nitrogens with zero attached hydrogens (tertiary/aromatic N) is 5. The largest absolute Gasteiger partial charge is 0.462 e. The molecule has 0 atom stereocenters. The van der Waals surface area contributed by atoms with E-state index < -0.39 is 24.4 Å². The maximum absolute atomic E-state index is 12.8. The molecular weight excluding hydrogens is 319 g/mol. The monoisotopic (exact) mass is 331 g/mol. The number of pyridine rings is 1. The molecule has 0 radical (unpaired) electrons. The molecule has 0 bridgehead atoms. The van der Waals surface area contributed by atoms with Crippen LogP contribution in [0.1, 0.15) is 28.7 Å². The average molecular weight is 331 g/mol. The van der Waals surface area contributed by atoms with Crippen LogP contribution in [-0.4, -0.2) is 37.8 Å². The van der Waals surface area contributed by atoms with Gasteiger partial charge in [-0.05, 0) is 29.5 Å². The molecule has 0 amide bonds. The van der Waals surface area contributed by atoms with Gasteiger partial charge in [-0.2, -0.15) is 17.9 Å². The van der Waals surface area contributed by atoms with E-state index in [1.54, 1.807) is 6.92 Å². The van der Waals surface area contributed by atoms with E-state index in [0.717, 1.165) is 6.07 Å². The third-order valence-electron chi connectivity index (χ3n) is 2.68. The molecule has 11 heteroatoms. The zero-order chi connectivity index (χ0) is 17.0. The molecule has 0 aromatic carbocycles. The fourth-order valence-electron chi connectivity index (χ4n) is 1.64. The fraction of sp³-hybridized carbons (Fsp3) is 0.417. The third-order valence-corrected chi connectivity index (χ3v) is 2.68. The number of rotatable bonds is 5. The molecule has 0 N–H and O–H groups in total. The van der Waals surface area contributed by atoms with Crippen molar-refractivity contribution in [3.63, 3.8) is 0 Å². The smallest absolute Gasteiger partial charge is 0.433 e. The van der Waals surface area contributed by atoms with E-state index in [0.29, 0.717) is 6.07 Å². The quantitative estimate of drug-likeness (QED) is 0.764. The van der Waals surface area contributed by atoms with Crippen LogP contribution in [0.3, 0.4) is 0 Å². The second-order valence-electron chi connectivity index (χ2n) is 4.28. The van der Waals surface area contributed by atoms with E-state index in [1.807, 2.05) is 0 Å². The molecule has 2 heterocycles.